The van der Waals surface area contributed by atoms with Crippen LogP contribution >= 0.6 is 11.8 Å². The van der Waals surface area contributed by atoms with Crippen LogP contribution in [0.5, 0.6) is 0 Å². The second-order valence-corrected chi connectivity index (χ2v) is 6.33. The summed E-state index contributed by atoms with van der Waals surface area (Å²) in [6.45, 7) is 6.84. The van der Waals surface area contributed by atoms with Crippen LogP contribution in [0.4, 0.5) is 0 Å². The number of thioether (sulfide) groups is 1. The maximum Gasteiger partial charge on any atom is 0.230 e. The lowest BCUT2D eigenvalue weighted by molar-refractivity contribution is -0.118. The monoisotopic (exact) mass is 363 g/mol. The number of carbonyl (C=O) groups is 1. The molecule has 0 fully saturated rings. The zero-order valence-electron chi connectivity index (χ0n) is 14.8. The van der Waals surface area contributed by atoms with E-state index in [0.717, 1.165) is 35.9 Å². The third-order valence-electron chi connectivity index (χ3n) is 3.43. The number of ether oxygens (including phenoxy) is 1. The van der Waals surface area contributed by atoms with Crippen LogP contribution in [0.15, 0.2) is 29.7 Å². The van der Waals surface area contributed by atoms with Crippen molar-refractivity contribution < 1.29 is 9.53 Å². The zero-order chi connectivity index (χ0) is 17.9. The van der Waals surface area contributed by atoms with Crippen molar-refractivity contribution in [3.8, 4) is 11.4 Å². The van der Waals surface area contributed by atoms with Crippen molar-refractivity contribution in [3.05, 3.63) is 24.5 Å². The van der Waals surface area contributed by atoms with E-state index in [2.05, 4.69) is 20.5 Å². The Balaban J connectivity index is 2.09. The van der Waals surface area contributed by atoms with Crippen molar-refractivity contribution in [1.29, 1.82) is 0 Å². The molecule has 0 saturated heterocycles. The Morgan fingerprint density at radius 3 is 2.80 bits per heavy atom. The Bertz CT molecular complexity index is 648. The topological polar surface area (TPSA) is 81.9 Å². The molecule has 0 aliphatic carbocycles. The summed E-state index contributed by atoms with van der Waals surface area (Å²) < 4.78 is 7.47. The van der Waals surface area contributed by atoms with Gasteiger partial charge in [0.1, 0.15) is 0 Å². The normalized spacial score (nSPS) is 10.8. The molecule has 0 radical (unpaired) electrons. The highest BCUT2D eigenvalue weighted by Crippen LogP contribution is 2.23. The highest BCUT2D eigenvalue weighted by atomic mass is 32.2. The van der Waals surface area contributed by atoms with Gasteiger partial charge in [0.25, 0.3) is 0 Å². The first-order chi connectivity index (χ1) is 12.3. The number of pyridine rings is 1. The number of amides is 1. The largest absolute Gasteiger partial charge is 0.382 e. The summed E-state index contributed by atoms with van der Waals surface area (Å²) in [4.78, 5) is 15.9. The summed E-state index contributed by atoms with van der Waals surface area (Å²) in [6.07, 6.45) is 5.26. The van der Waals surface area contributed by atoms with E-state index in [1.807, 2.05) is 30.5 Å². The van der Waals surface area contributed by atoms with Gasteiger partial charge in [-0.3, -0.25) is 9.78 Å². The summed E-state index contributed by atoms with van der Waals surface area (Å²) in [5.74, 6) is 1.14. The average molecular weight is 363 g/mol. The number of hydrogen-bond acceptors (Lipinski definition) is 6. The van der Waals surface area contributed by atoms with Crippen molar-refractivity contribution in [2.75, 3.05) is 25.5 Å². The first kappa shape index (κ1) is 19.4. The molecule has 1 amide bonds. The van der Waals surface area contributed by atoms with E-state index >= 15 is 0 Å². The maximum atomic E-state index is 11.8. The fraction of sp³-hybridized carbons (Fsp3) is 0.529. The van der Waals surface area contributed by atoms with Crippen LogP contribution in [-0.2, 0) is 16.1 Å². The summed E-state index contributed by atoms with van der Waals surface area (Å²) in [5, 5.41) is 12.2. The van der Waals surface area contributed by atoms with Crippen LogP contribution in [0.1, 0.15) is 26.7 Å². The molecule has 0 aliphatic heterocycles. The van der Waals surface area contributed by atoms with Gasteiger partial charge in [-0.25, -0.2) is 0 Å². The molecule has 2 aromatic heterocycles. The third-order valence-corrected chi connectivity index (χ3v) is 4.40. The Morgan fingerprint density at radius 2 is 2.08 bits per heavy atom. The lowest BCUT2D eigenvalue weighted by Gasteiger charge is -2.10. The molecule has 25 heavy (non-hydrogen) atoms. The average Bonchev–Trinajstić information content (AvgIpc) is 3.05. The Labute approximate surface area is 152 Å². The van der Waals surface area contributed by atoms with Gasteiger partial charge in [0, 0.05) is 44.3 Å². The van der Waals surface area contributed by atoms with Crippen molar-refractivity contribution in [1.82, 2.24) is 25.1 Å². The van der Waals surface area contributed by atoms with E-state index in [-0.39, 0.29) is 5.91 Å². The first-order valence-corrected chi connectivity index (χ1v) is 9.55. The van der Waals surface area contributed by atoms with Crippen LogP contribution < -0.4 is 5.32 Å². The number of aromatic nitrogens is 4. The smallest absolute Gasteiger partial charge is 0.230 e. The maximum absolute atomic E-state index is 11.8. The second kappa shape index (κ2) is 10.8. The van der Waals surface area contributed by atoms with Gasteiger partial charge in [-0.15, -0.1) is 10.2 Å². The fourth-order valence-corrected chi connectivity index (χ4v) is 3.02. The molecule has 0 bridgehead atoms. The molecular formula is C17H25N5O2S. The summed E-state index contributed by atoms with van der Waals surface area (Å²) in [7, 11) is 0. The Hall–Kier alpha value is -1.93. The number of nitrogens with one attached hydrogen (secondary N) is 1. The molecule has 0 aliphatic rings. The minimum Gasteiger partial charge on any atom is -0.382 e. The van der Waals surface area contributed by atoms with Gasteiger partial charge in [-0.1, -0.05) is 18.7 Å². The van der Waals surface area contributed by atoms with Crippen LogP contribution in [0.2, 0.25) is 0 Å². The predicted octanol–water partition coefficient (Wildman–Crippen LogP) is 2.39. The van der Waals surface area contributed by atoms with Gasteiger partial charge < -0.3 is 14.6 Å². The van der Waals surface area contributed by atoms with Gasteiger partial charge in [0.05, 0.1) is 5.75 Å². The van der Waals surface area contributed by atoms with Crippen LogP contribution in [0, 0.1) is 0 Å². The molecule has 7 nitrogen and oxygen atoms in total. The Morgan fingerprint density at radius 1 is 1.28 bits per heavy atom. The quantitative estimate of drug-likeness (QED) is 0.488. The molecule has 0 aromatic carbocycles. The summed E-state index contributed by atoms with van der Waals surface area (Å²) in [6, 6.07) is 3.82. The second-order valence-electron chi connectivity index (χ2n) is 5.38. The SMILES string of the molecule is CCCNC(=O)CSc1nnc(-c2ccncc2)n1CCCOCC. The van der Waals surface area contributed by atoms with Crippen molar-refractivity contribution in [3.63, 3.8) is 0 Å². The van der Waals surface area contributed by atoms with Gasteiger partial charge in [0.2, 0.25) is 5.91 Å². The fourth-order valence-electron chi connectivity index (χ4n) is 2.23. The van der Waals surface area contributed by atoms with Crippen molar-refractivity contribution >= 4 is 17.7 Å². The lowest BCUT2D eigenvalue weighted by Crippen LogP contribution is -2.25. The van der Waals surface area contributed by atoms with E-state index in [0.29, 0.717) is 25.5 Å². The minimum atomic E-state index is 0.0150. The van der Waals surface area contributed by atoms with Crippen LogP contribution in [0.3, 0.4) is 0 Å². The molecule has 0 unspecified atom stereocenters. The Kier molecular flexibility index (Phi) is 8.41. The molecule has 1 N–H and O–H groups in total. The summed E-state index contributed by atoms with van der Waals surface area (Å²) >= 11 is 1.41. The van der Waals surface area contributed by atoms with E-state index < -0.39 is 0 Å². The van der Waals surface area contributed by atoms with Crippen molar-refractivity contribution in [2.45, 2.75) is 38.4 Å². The van der Waals surface area contributed by atoms with E-state index in [4.69, 9.17) is 4.74 Å². The molecule has 2 aromatic rings. The van der Waals surface area contributed by atoms with Gasteiger partial charge in [-0.05, 0) is 31.9 Å². The zero-order valence-corrected chi connectivity index (χ0v) is 15.6. The van der Waals surface area contributed by atoms with Gasteiger partial charge in [0.15, 0.2) is 11.0 Å². The number of rotatable bonds is 11. The lowest BCUT2D eigenvalue weighted by atomic mass is 10.2. The molecular weight excluding hydrogens is 338 g/mol. The van der Waals surface area contributed by atoms with Gasteiger partial charge in [-0.2, -0.15) is 0 Å². The highest BCUT2D eigenvalue weighted by Gasteiger charge is 2.15. The molecule has 2 rings (SSSR count). The third kappa shape index (κ3) is 6.13. The number of hydrogen-bond donors (Lipinski definition) is 1. The minimum absolute atomic E-state index is 0.0150. The molecule has 136 valence electrons. The molecule has 0 saturated carbocycles. The molecule has 8 heteroatoms. The van der Waals surface area contributed by atoms with Crippen LogP contribution in [0.25, 0.3) is 11.4 Å². The number of nitrogens with zero attached hydrogens (tertiary/aromatic N) is 4. The first-order valence-electron chi connectivity index (χ1n) is 8.57. The summed E-state index contributed by atoms with van der Waals surface area (Å²) in [5.41, 5.74) is 0.959. The van der Waals surface area contributed by atoms with Crippen molar-refractivity contribution in [2.24, 2.45) is 0 Å². The molecule has 2 heterocycles. The highest BCUT2D eigenvalue weighted by molar-refractivity contribution is 7.99. The molecule has 0 atom stereocenters. The van der Waals surface area contributed by atoms with E-state index in [1.54, 1.807) is 12.4 Å². The van der Waals surface area contributed by atoms with E-state index in [1.165, 1.54) is 11.8 Å². The molecule has 0 spiro atoms. The number of carbonyl (C=O) groups excluding carboxylic acids is 1. The van der Waals surface area contributed by atoms with E-state index in [9.17, 15) is 4.79 Å². The predicted molar refractivity (Wildman–Crippen MR) is 98.4 cm³/mol. The van der Waals surface area contributed by atoms with Crippen LogP contribution in [-0.4, -0.2) is 51.2 Å². The van der Waals surface area contributed by atoms with Gasteiger partial charge >= 0.3 is 0 Å². The standard InChI is InChI=1S/C17H25N5O2S/c1-3-8-19-15(23)13-25-17-21-20-16(14-6-9-18-10-7-14)22(17)11-5-12-24-4-2/h6-7,9-10H,3-5,8,11-13H2,1-2H3,(H,19,23).